The molecule has 18 heavy (non-hydrogen) atoms. The monoisotopic (exact) mass is 247 g/mol. The average molecular weight is 247 g/mol. The minimum atomic E-state index is 0.550. The van der Waals surface area contributed by atoms with Crippen molar-refractivity contribution in [3.63, 3.8) is 0 Å². The standard InChI is InChI=1S/C17H29N/c1-17(2)3-4-18-16(17)10-15-13-6-11-5-12(8-13)9-14(15)7-11/h11-16,18H,3-10H2,1-2H3. The molecular formula is C17H29N. The lowest BCUT2D eigenvalue weighted by Gasteiger charge is -2.55. The van der Waals surface area contributed by atoms with Crippen molar-refractivity contribution in [1.82, 2.24) is 5.32 Å². The Morgan fingerprint density at radius 1 is 0.944 bits per heavy atom. The van der Waals surface area contributed by atoms with E-state index >= 15 is 0 Å². The third-order valence-corrected chi connectivity index (χ3v) is 7.03. The van der Waals surface area contributed by atoms with E-state index in [0.717, 1.165) is 35.6 Å². The number of rotatable bonds is 2. The van der Waals surface area contributed by atoms with Crippen LogP contribution < -0.4 is 5.32 Å². The quantitative estimate of drug-likeness (QED) is 0.782. The Balaban J connectivity index is 1.49. The molecule has 0 aromatic heterocycles. The highest BCUT2D eigenvalue weighted by Crippen LogP contribution is 2.58. The molecule has 5 aliphatic rings. The minimum absolute atomic E-state index is 0.550. The molecule has 1 atom stereocenters. The molecular weight excluding hydrogens is 218 g/mol. The van der Waals surface area contributed by atoms with Crippen molar-refractivity contribution >= 4 is 0 Å². The van der Waals surface area contributed by atoms with E-state index in [2.05, 4.69) is 19.2 Å². The molecule has 5 fully saturated rings. The molecule has 1 N–H and O–H groups in total. The Kier molecular flexibility index (Phi) is 2.60. The van der Waals surface area contributed by atoms with Crippen molar-refractivity contribution in [1.29, 1.82) is 0 Å². The molecule has 0 amide bonds. The summed E-state index contributed by atoms with van der Waals surface area (Å²) in [5.41, 5.74) is 0.550. The molecule has 4 aliphatic carbocycles. The van der Waals surface area contributed by atoms with Gasteiger partial charge >= 0.3 is 0 Å². The number of nitrogens with one attached hydrogen (secondary N) is 1. The van der Waals surface area contributed by atoms with Crippen LogP contribution in [0.4, 0.5) is 0 Å². The summed E-state index contributed by atoms with van der Waals surface area (Å²) in [6, 6.07) is 0.806. The van der Waals surface area contributed by atoms with E-state index in [0.29, 0.717) is 5.41 Å². The summed E-state index contributed by atoms with van der Waals surface area (Å²) in [5.74, 6) is 5.56. The summed E-state index contributed by atoms with van der Waals surface area (Å²) < 4.78 is 0. The molecule has 102 valence electrons. The zero-order chi connectivity index (χ0) is 12.3. The second kappa shape index (κ2) is 3.98. The van der Waals surface area contributed by atoms with Gasteiger partial charge in [-0.05, 0) is 86.5 Å². The van der Waals surface area contributed by atoms with Crippen LogP contribution in [0, 0.1) is 35.0 Å². The summed E-state index contributed by atoms with van der Waals surface area (Å²) in [6.45, 7) is 6.21. The first-order valence-electron chi connectivity index (χ1n) is 8.35. The van der Waals surface area contributed by atoms with E-state index in [1.165, 1.54) is 19.4 Å². The third-order valence-electron chi connectivity index (χ3n) is 7.03. The fourth-order valence-corrected chi connectivity index (χ4v) is 6.12. The topological polar surface area (TPSA) is 12.0 Å². The Morgan fingerprint density at radius 2 is 1.56 bits per heavy atom. The Labute approximate surface area is 112 Å². The molecule has 0 aromatic rings. The van der Waals surface area contributed by atoms with Crippen LogP contribution in [0.25, 0.3) is 0 Å². The second-order valence-electron chi connectivity index (χ2n) is 8.58. The first-order valence-corrected chi connectivity index (χ1v) is 8.35. The smallest absolute Gasteiger partial charge is 0.0121 e. The van der Waals surface area contributed by atoms with Crippen molar-refractivity contribution in [2.75, 3.05) is 6.54 Å². The molecule has 0 spiro atoms. The van der Waals surface area contributed by atoms with E-state index < -0.39 is 0 Å². The molecule has 1 heterocycles. The van der Waals surface area contributed by atoms with Crippen molar-refractivity contribution in [2.24, 2.45) is 35.0 Å². The summed E-state index contributed by atoms with van der Waals surface area (Å²) in [7, 11) is 0. The highest BCUT2D eigenvalue weighted by molar-refractivity contribution is 5.01. The predicted molar refractivity (Wildman–Crippen MR) is 75.3 cm³/mol. The van der Waals surface area contributed by atoms with Crippen LogP contribution in [-0.4, -0.2) is 12.6 Å². The first-order chi connectivity index (χ1) is 8.62. The molecule has 1 heteroatoms. The number of hydrogen-bond acceptors (Lipinski definition) is 1. The van der Waals surface area contributed by atoms with Gasteiger partial charge in [0.15, 0.2) is 0 Å². The highest BCUT2D eigenvalue weighted by Gasteiger charge is 2.49. The SMILES string of the molecule is CC1(C)CCNC1CC1C2CC3CC(C2)CC1C3. The lowest BCUT2D eigenvalue weighted by atomic mass is 9.50. The first kappa shape index (κ1) is 11.8. The molecule has 4 saturated carbocycles. The van der Waals surface area contributed by atoms with Gasteiger partial charge in [-0.25, -0.2) is 0 Å². The molecule has 0 aromatic carbocycles. The lowest BCUT2D eigenvalue weighted by Crippen LogP contribution is -2.48. The second-order valence-corrected chi connectivity index (χ2v) is 8.58. The zero-order valence-electron chi connectivity index (χ0n) is 12.1. The molecule has 0 radical (unpaired) electrons. The molecule has 1 nitrogen and oxygen atoms in total. The van der Waals surface area contributed by atoms with Gasteiger partial charge in [0, 0.05) is 6.04 Å². The summed E-state index contributed by atoms with van der Waals surface area (Å²) in [6.07, 6.45) is 10.8. The maximum absolute atomic E-state index is 3.81. The lowest BCUT2D eigenvalue weighted by molar-refractivity contribution is -0.0461. The zero-order valence-corrected chi connectivity index (χ0v) is 12.1. The maximum Gasteiger partial charge on any atom is 0.0121 e. The average Bonchev–Trinajstić information content (AvgIpc) is 2.62. The van der Waals surface area contributed by atoms with E-state index in [9.17, 15) is 0 Å². The number of hydrogen-bond donors (Lipinski definition) is 1. The molecule has 1 unspecified atom stereocenters. The highest BCUT2D eigenvalue weighted by atomic mass is 15.0. The van der Waals surface area contributed by atoms with Gasteiger partial charge < -0.3 is 5.32 Å². The Morgan fingerprint density at radius 3 is 2.06 bits per heavy atom. The van der Waals surface area contributed by atoms with Crippen LogP contribution in [0.2, 0.25) is 0 Å². The van der Waals surface area contributed by atoms with Gasteiger partial charge in [-0.2, -0.15) is 0 Å². The Hall–Kier alpha value is -0.0400. The van der Waals surface area contributed by atoms with Gasteiger partial charge in [0.2, 0.25) is 0 Å². The van der Waals surface area contributed by atoms with Crippen LogP contribution in [0.3, 0.4) is 0 Å². The maximum atomic E-state index is 3.81. The molecule has 1 saturated heterocycles. The van der Waals surface area contributed by atoms with Gasteiger partial charge in [-0.15, -0.1) is 0 Å². The van der Waals surface area contributed by atoms with E-state index in [4.69, 9.17) is 0 Å². The fourth-order valence-electron chi connectivity index (χ4n) is 6.12. The normalized spacial score (nSPS) is 53.0. The van der Waals surface area contributed by atoms with Gasteiger partial charge in [-0.1, -0.05) is 13.8 Å². The Bertz CT molecular complexity index is 305. The van der Waals surface area contributed by atoms with Crippen molar-refractivity contribution in [2.45, 2.75) is 64.8 Å². The minimum Gasteiger partial charge on any atom is -0.313 e. The van der Waals surface area contributed by atoms with Crippen molar-refractivity contribution in [3.05, 3.63) is 0 Å². The van der Waals surface area contributed by atoms with Gasteiger partial charge in [-0.3, -0.25) is 0 Å². The van der Waals surface area contributed by atoms with E-state index in [-0.39, 0.29) is 0 Å². The van der Waals surface area contributed by atoms with Gasteiger partial charge in [0.05, 0.1) is 0 Å². The third kappa shape index (κ3) is 1.77. The summed E-state index contributed by atoms with van der Waals surface area (Å²) in [4.78, 5) is 0. The van der Waals surface area contributed by atoms with Crippen LogP contribution in [0.1, 0.15) is 58.8 Å². The van der Waals surface area contributed by atoms with Crippen LogP contribution in [-0.2, 0) is 0 Å². The van der Waals surface area contributed by atoms with E-state index in [1.54, 1.807) is 32.1 Å². The van der Waals surface area contributed by atoms with E-state index in [1.807, 2.05) is 0 Å². The fraction of sp³-hybridized carbons (Fsp3) is 1.00. The largest absolute Gasteiger partial charge is 0.313 e. The van der Waals surface area contributed by atoms with Crippen molar-refractivity contribution in [3.8, 4) is 0 Å². The van der Waals surface area contributed by atoms with Crippen LogP contribution >= 0.6 is 0 Å². The molecule has 1 aliphatic heterocycles. The van der Waals surface area contributed by atoms with Crippen LogP contribution in [0.15, 0.2) is 0 Å². The van der Waals surface area contributed by atoms with Crippen LogP contribution in [0.5, 0.6) is 0 Å². The predicted octanol–water partition coefficient (Wildman–Crippen LogP) is 3.84. The molecule has 4 bridgehead atoms. The van der Waals surface area contributed by atoms with Gasteiger partial charge in [0.1, 0.15) is 0 Å². The molecule has 5 rings (SSSR count). The summed E-state index contributed by atoms with van der Waals surface area (Å²) in [5, 5.41) is 3.81. The van der Waals surface area contributed by atoms with Crippen molar-refractivity contribution < 1.29 is 0 Å². The van der Waals surface area contributed by atoms with Gasteiger partial charge in [0.25, 0.3) is 0 Å². The summed E-state index contributed by atoms with van der Waals surface area (Å²) >= 11 is 0.